The first kappa shape index (κ1) is 24.8. The SMILES string of the molecule is CCCc1ccc(-c2ccccc2-c2nc3cc(C(=O)N4CCCC4c4n[nH]c(=O)[nH]4)ccn3c2C)c(F)c1. The van der Waals surface area contributed by atoms with E-state index in [0.29, 0.717) is 29.1 Å². The Morgan fingerprint density at radius 2 is 1.92 bits per heavy atom. The molecule has 6 rings (SSSR count). The summed E-state index contributed by atoms with van der Waals surface area (Å²) < 4.78 is 17.2. The summed E-state index contributed by atoms with van der Waals surface area (Å²) in [4.78, 5) is 34.4. The van der Waals surface area contributed by atoms with Crippen LogP contribution in [0.5, 0.6) is 0 Å². The van der Waals surface area contributed by atoms with E-state index in [4.69, 9.17) is 4.98 Å². The lowest BCUT2D eigenvalue weighted by atomic mass is 9.95. The molecule has 9 heteroatoms. The van der Waals surface area contributed by atoms with Gasteiger partial charge in [0, 0.05) is 35.1 Å². The highest BCUT2D eigenvalue weighted by atomic mass is 19.1. The van der Waals surface area contributed by atoms with Crippen molar-refractivity contribution in [2.45, 2.75) is 45.6 Å². The molecule has 4 heterocycles. The van der Waals surface area contributed by atoms with Gasteiger partial charge in [-0.15, -0.1) is 0 Å². The second-order valence-electron chi connectivity index (χ2n) is 10.0. The molecule has 39 heavy (non-hydrogen) atoms. The van der Waals surface area contributed by atoms with Gasteiger partial charge >= 0.3 is 5.69 Å². The van der Waals surface area contributed by atoms with Crippen molar-refractivity contribution in [2.75, 3.05) is 6.54 Å². The fourth-order valence-electron chi connectivity index (χ4n) is 5.60. The third-order valence-corrected chi connectivity index (χ3v) is 7.51. The Kier molecular flexibility index (Phi) is 6.34. The molecule has 0 bridgehead atoms. The third kappa shape index (κ3) is 4.43. The van der Waals surface area contributed by atoms with Crippen LogP contribution in [-0.4, -0.2) is 41.9 Å². The van der Waals surface area contributed by atoms with Crippen molar-refractivity contribution in [1.82, 2.24) is 29.5 Å². The molecule has 1 amide bonds. The summed E-state index contributed by atoms with van der Waals surface area (Å²) in [7, 11) is 0. The third-order valence-electron chi connectivity index (χ3n) is 7.51. The summed E-state index contributed by atoms with van der Waals surface area (Å²) in [5.74, 6) is 0.0826. The summed E-state index contributed by atoms with van der Waals surface area (Å²) in [6, 6.07) is 16.4. The Bertz CT molecular complexity index is 1750. The van der Waals surface area contributed by atoms with Gasteiger partial charge in [-0.2, -0.15) is 5.10 Å². The molecular formula is C30H29FN6O2. The first-order chi connectivity index (χ1) is 18.9. The summed E-state index contributed by atoms with van der Waals surface area (Å²) in [6.07, 6.45) is 5.20. The number of hydrogen-bond donors (Lipinski definition) is 2. The lowest BCUT2D eigenvalue weighted by molar-refractivity contribution is 0.0730. The van der Waals surface area contributed by atoms with Gasteiger partial charge in [-0.1, -0.05) is 49.7 Å². The summed E-state index contributed by atoms with van der Waals surface area (Å²) in [5, 5.41) is 6.43. The minimum atomic E-state index is -0.386. The Morgan fingerprint density at radius 1 is 1.10 bits per heavy atom. The van der Waals surface area contributed by atoms with E-state index in [1.165, 1.54) is 0 Å². The van der Waals surface area contributed by atoms with Crippen LogP contribution in [0.1, 0.15) is 59.7 Å². The lowest BCUT2D eigenvalue weighted by Gasteiger charge is -2.22. The van der Waals surface area contributed by atoms with Gasteiger partial charge < -0.3 is 9.30 Å². The molecule has 1 fully saturated rings. The van der Waals surface area contributed by atoms with Crippen LogP contribution < -0.4 is 5.69 Å². The van der Waals surface area contributed by atoms with Gasteiger partial charge in [-0.3, -0.25) is 9.78 Å². The van der Waals surface area contributed by atoms with E-state index in [1.807, 2.05) is 53.9 Å². The first-order valence-corrected chi connectivity index (χ1v) is 13.3. The number of nitrogens with one attached hydrogen (secondary N) is 2. The predicted octanol–water partition coefficient (Wildman–Crippen LogP) is 5.46. The van der Waals surface area contributed by atoms with Crippen LogP contribution >= 0.6 is 0 Å². The van der Waals surface area contributed by atoms with E-state index in [9.17, 15) is 9.59 Å². The van der Waals surface area contributed by atoms with Gasteiger partial charge in [0.05, 0.1) is 11.7 Å². The molecule has 2 aromatic carbocycles. The number of aryl methyl sites for hydroxylation is 2. The van der Waals surface area contributed by atoms with Crippen LogP contribution in [0.2, 0.25) is 0 Å². The quantitative estimate of drug-likeness (QED) is 0.308. The molecule has 198 valence electrons. The minimum absolute atomic E-state index is 0.138. The van der Waals surface area contributed by atoms with Crippen molar-refractivity contribution >= 4 is 11.6 Å². The molecule has 1 unspecified atom stereocenters. The number of hydrogen-bond acceptors (Lipinski definition) is 4. The van der Waals surface area contributed by atoms with Gasteiger partial charge in [-0.05, 0) is 55.5 Å². The number of pyridine rings is 1. The van der Waals surface area contributed by atoms with Gasteiger partial charge in [0.25, 0.3) is 5.91 Å². The van der Waals surface area contributed by atoms with Crippen molar-refractivity contribution in [3.63, 3.8) is 0 Å². The molecule has 1 aliphatic heterocycles. The number of aromatic amines is 2. The molecule has 0 radical (unpaired) electrons. The standard InChI is InChI=1S/C30H29FN6O2/c1-3-7-19-11-12-22(24(31)16-19)21-8-4-5-9-23(21)27-18(2)36-15-13-20(17-26(36)32-27)29(38)37-14-6-10-25(37)28-33-30(39)35-34-28/h4-5,8-9,11-13,15-17,25H,3,6-7,10,14H2,1-2H3,(H2,33,34,35,39). The maximum Gasteiger partial charge on any atom is 0.340 e. The van der Waals surface area contributed by atoms with E-state index < -0.39 is 0 Å². The summed E-state index contributed by atoms with van der Waals surface area (Å²) in [5.41, 5.74) is 5.51. The Balaban J connectivity index is 1.37. The molecule has 0 aliphatic carbocycles. The number of fused-ring (bicyclic) bond motifs is 1. The maximum absolute atomic E-state index is 15.2. The van der Waals surface area contributed by atoms with Crippen molar-refractivity contribution in [2.24, 2.45) is 0 Å². The molecule has 8 nitrogen and oxygen atoms in total. The fraction of sp³-hybridized carbons (Fsp3) is 0.267. The van der Waals surface area contributed by atoms with Crippen LogP contribution in [0.4, 0.5) is 4.39 Å². The summed E-state index contributed by atoms with van der Waals surface area (Å²) >= 11 is 0. The second kappa shape index (κ2) is 9.98. The molecule has 1 saturated heterocycles. The molecule has 5 aromatic rings. The number of rotatable bonds is 6. The van der Waals surface area contributed by atoms with Gasteiger partial charge in [0.2, 0.25) is 0 Å². The zero-order chi connectivity index (χ0) is 27.1. The molecule has 3 aromatic heterocycles. The van der Waals surface area contributed by atoms with Crippen LogP contribution in [-0.2, 0) is 6.42 Å². The highest BCUT2D eigenvalue weighted by Crippen LogP contribution is 2.36. The van der Waals surface area contributed by atoms with Crippen molar-refractivity contribution in [3.8, 4) is 22.4 Å². The highest BCUT2D eigenvalue weighted by molar-refractivity contribution is 5.95. The number of aromatic nitrogens is 5. The number of halogens is 1. The number of likely N-dealkylation sites (tertiary alicyclic amines) is 1. The molecule has 1 atom stereocenters. The van der Waals surface area contributed by atoms with Gasteiger partial charge in [0.1, 0.15) is 11.5 Å². The fourth-order valence-corrected chi connectivity index (χ4v) is 5.60. The van der Waals surface area contributed by atoms with Crippen LogP contribution in [0.15, 0.2) is 65.6 Å². The normalized spacial score (nSPS) is 15.4. The first-order valence-electron chi connectivity index (χ1n) is 13.3. The number of H-pyrrole nitrogens is 2. The largest absolute Gasteiger partial charge is 0.340 e. The lowest BCUT2D eigenvalue weighted by Crippen LogP contribution is -2.31. The summed E-state index contributed by atoms with van der Waals surface area (Å²) in [6.45, 7) is 4.63. The molecule has 0 saturated carbocycles. The highest BCUT2D eigenvalue weighted by Gasteiger charge is 2.33. The van der Waals surface area contributed by atoms with Crippen molar-refractivity contribution < 1.29 is 9.18 Å². The molecule has 2 N–H and O–H groups in total. The predicted molar refractivity (Wildman–Crippen MR) is 147 cm³/mol. The zero-order valence-electron chi connectivity index (χ0n) is 21.9. The molecular weight excluding hydrogens is 495 g/mol. The van der Waals surface area contributed by atoms with E-state index in [0.717, 1.165) is 53.8 Å². The van der Waals surface area contributed by atoms with Crippen molar-refractivity contribution in [3.05, 3.63) is 99.7 Å². The maximum atomic E-state index is 15.2. The zero-order valence-corrected chi connectivity index (χ0v) is 21.9. The number of carbonyl (C=O) groups excluding carboxylic acids is 1. The Morgan fingerprint density at radius 3 is 2.67 bits per heavy atom. The van der Waals surface area contributed by atoms with E-state index in [1.54, 1.807) is 23.1 Å². The topological polar surface area (TPSA) is 99.2 Å². The van der Waals surface area contributed by atoms with E-state index in [-0.39, 0.29) is 23.5 Å². The average molecular weight is 525 g/mol. The number of nitrogens with zero attached hydrogens (tertiary/aromatic N) is 4. The Labute approximate surface area is 224 Å². The average Bonchev–Trinajstić information content (AvgIpc) is 3.67. The second-order valence-corrected chi connectivity index (χ2v) is 10.0. The minimum Gasteiger partial charge on any atom is -0.328 e. The van der Waals surface area contributed by atoms with Crippen molar-refractivity contribution in [1.29, 1.82) is 0 Å². The van der Waals surface area contributed by atoms with Crippen LogP contribution in [0.25, 0.3) is 28.0 Å². The van der Waals surface area contributed by atoms with Crippen LogP contribution in [0.3, 0.4) is 0 Å². The monoisotopic (exact) mass is 524 g/mol. The van der Waals surface area contributed by atoms with Gasteiger partial charge in [-0.25, -0.2) is 19.3 Å². The molecule has 0 spiro atoms. The number of amides is 1. The number of carbonyl (C=O) groups is 1. The van der Waals surface area contributed by atoms with Crippen LogP contribution in [0, 0.1) is 12.7 Å². The van der Waals surface area contributed by atoms with E-state index in [2.05, 4.69) is 22.1 Å². The van der Waals surface area contributed by atoms with E-state index >= 15 is 4.39 Å². The smallest absolute Gasteiger partial charge is 0.328 e. The number of imidazole rings is 1. The number of benzene rings is 2. The Hall–Kier alpha value is -4.53. The van der Waals surface area contributed by atoms with Gasteiger partial charge in [0.15, 0.2) is 5.82 Å². The molecule has 1 aliphatic rings.